The zero-order chi connectivity index (χ0) is 13.7. The van der Waals surface area contributed by atoms with Gasteiger partial charge in [0, 0.05) is 17.6 Å². The molecule has 1 aliphatic rings. The van der Waals surface area contributed by atoms with Crippen LogP contribution in [0.5, 0.6) is 5.75 Å². The first-order valence-electron chi connectivity index (χ1n) is 6.88. The molecule has 0 amide bonds. The molecule has 1 aromatic carbocycles. The van der Waals surface area contributed by atoms with Crippen molar-refractivity contribution in [3.63, 3.8) is 0 Å². The predicted molar refractivity (Wildman–Crippen MR) is 80.6 cm³/mol. The molecule has 0 radical (unpaired) electrons. The first-order valence-corrected chi connectivity index (χ1v) is 7.68. The third-order valence-electron chi connectivity index (χ3n) is 3.63. The second kappa shape index (κ2) is 6.73. The number of hydrogen-bond donors (Lipinski definition) is 1. The van der Waals surface area contributed by atoms with Crippen molar-refractivity contribution >= 4 is 15.9 Å². The maximum absolute atomic E-state index is 10.0. The predicted octanol–water partition coefficient (Wildman–Crippen LogP) is 3.06. The molecule has 19 heavy (non-hydrogen) atoms. The Hall–Kier alpha value is -0.580. The highest BCUT2D eigenvalue weighted by Gasteiger charge is 2.24. The van der Waals surface area contributed by atoms with Crippen LogP contribution in [0.15, 0.2) is 28.7 Å². The van der Waals surface area contributed by atoms with Gasteiger partial charge in [0.05, 0.1) is 5.60 Å². The molecule has 0 bridgehead atoms. The van der Waals surface area contributed by atoms with Crippen LogP contribution < -0.4 is 4.74 Å². The van der Waals surface area contributed by atoms with E-state index >= 15 is 0 Å². The van der Waals surface area contributed by atoms with Crippen molar-refractivity contribution in [1.29, 1.82) is 0 Å². The van der Waals surface area contributed by atoms with E-state index in [-0.39, 0.29) is 0 Å². The first-order chi connectivity index (χ1) is 9.05. The Labute approximate surface area is 123 Å². The Balaban J connectivity index is 1.74. The number of halogens is 1. The number of rotatable bonds is 4. The summed E-state index contributed by atoms with van der Waals surface area (Å²) in [4.78, 5) is 2.37. The molecule has 0 saturated carbocycles. The third-order valence-corrected chi connectivity index (χ3v) is 4.12. The Morgan fingerprint density at radius 2 is 2.21 bits per heavy atom. The molecule has 1 heterocycles. The highest BCUT2D eigenvalue weighted by Crippen LogP contribution is 2.21. The molecule has 1 N–H and O–H groups in total. The smallest absolute Gasteiger partial charge is 0.120 e. The average Bonchev–Trinajstić information content (AvgIpc) is 2.51. The first kappa shape index (κ1) is 14.8. The minimum Gasteiger partial charge on any atom is -0.492 e. The van der Waals surface area contributed by atoms with Crippen LogP contribution >= 0.6 is 15.9 Å². The van der Waals surface area contributed by atoms with Gasteiger partial charge in [0.25, 0.3) is 0 Å². The summed E-state index contributed by atoms with van der Waals surface area (Å²) < 4.78 is 6.79. The Morgan fingerprint density at radius 1 is 1.37 bits per heavy atom. The van der Waals surface area contributed by atoms with E-state index in [9.17, 15) is 5.11 Å². The Morgan fingerprint density at radius 3 is 3.00 bits per heavy atom. The zero-order valence-electron chi connectivity index (χ0n) is 11.4. The van der Waals surface area contributed by atoms with Crippen LogP contribution in [0.2, 0.25) is 0 Å². The fourth-order valence-corrected chi connectivity index (χ4v) is 2.77. The van der Waals surface area contributed by atoms with Crippen molar-refractivity contribution in [3.05, 3.63) is 28.7 Å². The van der Waals surface area contributed by atoms with Crippen molar-refractivity contribution in [2.75, 3.05) is 26.2 Å². The number of nitrogens with zero attached hydrogens (tertiary/aromatic N) is 1. The highest BCUT2D eigenvalue weighted by molar-refractivity contribution is 9.10. The van der Waals surface area contributed by atoms with E-state index in [0.717, 1.165) is 49.1 Å². The van der Waals surface area contributed by atoms with Crippen LogP contribution in [-0.4, -0.2) is 41.8 Å². The molecule has 106 valence electrons. The van der Waals surface area contributed by atoms with E-state index in [1.165, 1.54) is 0 Å². The second-order valence-corrected chi connectivity index (χ2v) is 6.41. The lowest BCUT2D eigenvalue weighted by Gasteiger charge is -2.22. The molecule has 0 aromatic heterocycles. The van der Waals surface area contributed by atoms with Crippen molar-refractivity contribution in [2.24, 2.45) is 0 Å². The van der Waals surface area contributed by atoms with Gasteiger partial charge in [0.1, 0.15) is 12.4 Å². The van der Waals surface area contributed by atoms with Gasteiger partial charge in [0.2, 0.25) is 0 Å². The van der Waals surface area contributed by atoms with Crippen LogP contribution in [0.1, 0.15) is 26.2 Å². The molecular formula is C15H22BrNO2. The van der Waals surface area contributed by atoms with Crippen molar-refractivity contribution in [1.82, 2.24) is 4.90 Å². The largest absolute Gasteiger partial charge is 0.492 e. The third kappa shape index (κ3) is 5.13. The summed E-state index contributed by atoms with van der Waals surface area (Å²) in [5.74, 6) is 0.899. The summed E-state index contributed by atoms with van der Waals surface area (Å²) in [7, 11) is 0. The van der Waals surface area contributed by atoms with Gasteiger partial charge in [0.15, 0.2) is 0 Å². The number of hydrogen-bond acceptors (Lipinski definition) is 3. The molecule has 1 saturated heterocycles. The van der Waals surface area contributed by atoms with Crippen LogP contribution in [0, 0.1) is 0 Å². The van der Waals surface area contributed by atoms with E-state index in [1.54, 1.807) is 0 Å². The van der Waals surface area contributed by atoms with Gasteiger partial charge in [-0.3, -0.25) is 4.90 Å². The number of likely N-dealkylation sites (tertiary alicyclic amines) is 1. The second-order valence-electron chi connectivity index (χ2n) is 5.50. The summed E-state index contributed by atoms with van der Waals surface area (Å²) in [5.41, 5.74) is -0.486. The maximum atomic E-state index is 10.0. The van der Waals surface area contributed by atoms with E-state index in [0.29, 0.717) is 6.61 Å². The Bertz CT molecular complexity index is 409. The molecule has 2 rings (SSSR count). The van der Waals surface area contributed by atoms with Crippen molar-refractivity contribution in [3.8, 4) is 5.75 Å². The van der Waals surface area contributed by atoms with E-state index in [4.69, 9.17) is 4.74 Å². The molecule has 3 nitrogen and oxygen atoms in total. The van der Waals surface area contributed by atoms with E-state index < -0.39 is 5.60 Å². The van der Waals surface area contributed by atoms with Gasteiger partial charge in [-0.05, 0) is 50.9 Å². The van der Waals surface area contributed by atoms with Crippen LogP contribution in [0.4, 0.5) is 0 Å². The molecule has 1 aliphatic heterocycles. The summed E-state index contributed by atoms with van der Waals surface area (Å²) >= 11 is 3.44. The summed E-state index contributed by atoms with van der Waals surface area (Å²) in [6.07, 6.45) is 2.81. The lowest BCUT2D eigenvalue weighted by molar-refractivity contribution is 0.0442. The van der Waals surface area contributed by atoms with Crippen molar-refractivity contribution < 1.29 is 9.84 Å². The molecule has 1 atom stereocenters. The van der Waals surface area contributed by atoms with Crippen LogP contribution in [0.3, 0.4) is 0 Å². The Kier molecular flexibility index (Phi) is 5.25. The average molecular weight is 328 g/mol. The maximum Gasteiger partial charge on any atom is 0.120 e. The molecule has 1 fully saturated rings. The van der Waals surface area contributed by atoms with Gasteiger partial charge in [-0.15, -0.1) is 0 Å². The monoisotopic (exact) mass is 327 g/mol. The minimum atomic E-state index is -0.486. The van der Waals surface area contributed by atoms with Crippen LogP contribution in [0.25, 0.3) is 0 Å². The molecule has 4 heteroatoms. The standard InChI is InChI=1S/C15H22BrNO2/c1-15(18)6-3-8-17(9-7-15)10-11-19-14-5-2-4-13(16)12-14/h2,4-5,12,18H,3,6-11H2,1H3. The summed E-state index contributed by atoms with van der Waals surface area (Å²) in [5, 5.41) is 10.0. The van der Waals surface area contributed by atoms with E-state index in [1.807, 2.05) is 31.2 Å². The lowest BCUT2D eigenvalue weighted by atomic mass is 9.98. The number of benzene rings is 1. The van der Waals surface area contributed by atoms with Crippen molar-refractivity contribution in [2.45, 2.75) is 31.8 Å². The fourth-order valence-electron chi connectivity index (χ4n) is 2.39. The SMILES string of the molecule is CC1(O)CCCN(CCOc2cccc(Br)c2)CC1. The zero-order valence-corrected chi connectivity index (χ0v) is 13.0. The quantitative estimate of drug-likeness (QED) is 0.922. The summed E-state index contributed by atoms with van der Waals surface area (Å²) in [6, 6.07) is 7.91. The van der Waals surface area contributed by atoms with Gasteiger partial charge in [-0.1, -0.05) is 22.0 Å². The molecular weight excluding hydrogens is 306 g/mol. The summed E-state index contributed by atoms with van der Waals surface area (Å²) in [6.45, 7) is 5.56. The highest BCUT2D eigenvalue weighted by atomic mass is 79.9. The number of ether oxygens (including phenoxy) is 1. The topological polar surface area (TPSA) is 32.7 Å². The molecule has 1 aromatic rings. The molecule has 0 spiro atoms. The minimum absolute atomic E-state index is 0.486. The molecule has 0 aliphatic carbocycles. The van der Waals surface area contributed by atoms with Gasteiger partial charge >= 0.3 is 0 Å². The number of aliphatic hydroxyl groups is 1. The van der Waals surface area contributed by atoms with E-state index in [2.05, 4.69) is 20.8 Å². The van der Waals surface area contributed by atoms with Crippen LogP contribution in [-0.2, 0) is 0 Å². The fraction of sp³-hybridized carbons (Fsp3) is 0.600. The normalized spacial score (nSPS) is 25.0. The lowest BCUT2D eigenvalue weighted by Crippen LogP contribution is -2.31. The van der Waals surface area contributed by atoms with Gasteiger partial charge in [-0.2, -0.15) is 0 Å². The van der Waals surface area contributed by atoms with Gasteiger partial charge < -0.3 is 9.84 Å². The van der Waals surface area contributed by atoms with Gasteiger partial charge in [-0.25, -0.2) is 0 Å². The molecule has 1 unspecified atom stereocenters.